The highest BCUT2D eigenvalue weighted by Gasteiger charge is 2.31. The Morgan fingerprint density at radius 1 is 1.13 bits per heavy atom. The van der Waals surface area contributed by atoms with Gasteiger partial charge in [-0.3, -0.25) is 10.1 Å². The largest absolute Gasteiger partial charge is 0.481 e. The fourth-order valence-electron chi connectivity index (χ4n) is 4.32. The fourth-order valence-corrected chi connectivity index (χ4v) is 4.32. The predicted octanol–water partition coefficient (Wildman–Crippen LogP) is 3.08. The predicted molar refractivity (Wildman–Crippen MR) is 113 cm³/mol. The molecule has 1 amide bonds. The molecule has 5 rings (SSSR count). The maximum Gasteiger partial charge on any atom is 0.414 e. The molecule has 0 bridgehead atoms. The van der Waals surface area contributed by atoms with Crippen molar-refractivity contribution in [2.45, 2.75) is 12.3 Å². The van der Waals surface area contributed by atoms with Crippen molar-refractivity contribution in [1.29, 1.82) is 0 Å². The number of nitrogens with one attached hydrogen (secondary N) is 2. The number of ether oxygens (including phenoxy) is 1. The van der Waals surface area contributed by atoms with Gasteiger partial charge in [0.25, 0.3) is 0 Å². The van der Waals surface area contributed by atoms with Crippen LogP contribution in [0.5, 0.6) is 0 Å². The van der Waals surface area contributed by atoms with E-state index < -0.39 is 18.0 Å². The number of anilines is 2. The number of carboxylic acid groups (broad SMARTS) is 1. The number of rotatable bonds is 5. The van der Waals surface area contributed by atoms with Gasteiger partial charge in [-0.25, -0.2) is 9.89 Å². The van der Waals surface area contributed by atoms with E-state index in [-0.39, 0.29) is 18.5 Å². The van der Waals surface area contributed by atoms with E-state index in [4.69, 9.17) is 9.84 Å². The molecular formula is C22H21N5O4. The molecule has 2 aliphatic rings. The van der Waals surface area contributed by atoms with Crippen molar-refractivity contribution >= 4 is 24.0 Å². The monoisotopic (exact) mass is 419 g/mol. The second kappa shape index (κ2) is 7.75. The number of H-pyrrole nitrogens is 1. The van der Waals surface area contributed by atoms with Crippen LogP contribution in [0.3, 0.4) is 0 Å². The van der Waals surface area contributed by atoms with Gasteiger partial charge >= 0.3 is 12.1 Å². The quantitative estimate of drug-likeness (QED) is 0.581. The summed E-state index contributed by atoms with van der Waals surface area (Å²) in [6.07, 6.45) is -0.0895. The van der Waals surface area contributed by atoms with E-state index in [0.29, 0.717) is 25.5 Å². The molecule has 2 aromatic carbocycles. The first kappa shape index (κ1) is 19.1. The highest BCUT2D eigenvalue weighted by atomic mass is 16.5. The van der Waals surface area contributed by atoms with Gasteiger partial charge in [0.2, 0.25) is 11.9 Å². The lowest BCUT2D eigenvalue weighted by Gasteiger charge is -2.14. The molecule has 31 heavy (non-hydrogen) atoms. The maximum atomic E-state index is 12.4. The highest BCUT2D eigenvalue weighted by Crippen LogP contribution is 2.44. The van der Waals surface area contributed by atoms with Crippen molar-refractivity contribution in [3.05, 3.63) is 59.7 Å². The normalized spacial score (nSPS) is 17.3. The van der Waals surface area contributed by atoms with Crippen LogP contribution < -0.4 is 10.2 Å². The van der Waals surface area contributed by atoms with Gasteiger partial charge in [-0.1, -0.05) is 48.5 Å². The van der Waals surface area contributed by atoms with Gasteiger partial charge in [0.15, 0.2) is 0 Å². The Morgan fingerprint density at radius 3 is 2.45 bits per heavy atom. The second-order valence-corrected chi connectivity index (χ2v) is 7.70. The molecule has 0 saturated carbocycles. The second-order valence-electron chi connectivity index (χ2n) is 7.70. The molecule has 9 nitrogen and oxygen atoms in total. The lowest BCUT2D eigenvalue weighted by Crippen LogP contribution is -2.23. The molecule has 0 spiro atoms. The van der Waals surface area contributed by atoms with Crippen LogP contribution in [0.2, 0.25) is 0 Å². The Labute approximate surface area is 178 Å². The van der Waals surface area contributed by atoms with E-state index in [0.717, 1.165) is 22.3 Å². The van der Waals surface area contributed by atoms with Gasteiger partial charge in [0, 0.05) is 19.0 Å². The number of aliphatic carboxylic acids is 1. The summed E-state index contributed by atoms with van der Waals surface area (Å²) in [4.78, 5) is 29.5. The van der Waals surface area contributed by atoms with Crippen LogP contribution in [0.4, 0.5) is 16.7 Å². The maximum absolute atomic E-state index is 12.4. The van der Waals surface area contributed by atoms with Crippen LogP contribution in [-0.2, 0) is 9.53 Å². The smallest absolute Gasteiger partial charge is 0.414 e. The molecule has 3 aromatic rings. The number of carboxylic acids is 1. The van der Waals surface area contributed by atoms with Gasteiger partial charge in [0.1, 0.15) is 6.61 Å². The number of hydrogen-bond acceptors (Lipinski definition) is 6. The average Bonchev–Trinajstić information content (AvgIpc) is 3.50. The Balaban J connectivity index is 1.22. The van der Waals surface area contributed by atoms with E-state index in [1.54, 1.807) is 4.90 Å². The topological polar surface area (TPSA) is 120 Å². The molecule has 1 fully saturated rings. The minimum Gasteiger partial charge on any atom is -0.481 e. The van der Waals surface area contributed by atoms with E-state index >= 15 is 0 Å². The Morgan fingerprint density at radius 2 is 1.81 bits per heavy atom. The molecule has 0 radical (unpaired) electrons. The number of hydrogen-bond donors (Lipinski definition) is 3. The van der Waals surface area contributed by atoms with Crippen molar-refractivity contribution in [3.63, 3.8) is 0 Å². The number of nitrogens with zero attached hydrogens (tertiary/aromatic N) is 3. The Bertz CT molecular complexity index is 1100. The van der Waals surface area contributed by atoms with Crippen LogP contribution in [0, 0.1) is 5.92 Å². The SMILES string of the molecule is O=C(Nc1nc(N2CCC(C(=O)O)C2)n[nH]1)OCC1c2ccccc2-c2ccccc21. The van der Waals surface area contributed by atoms with Crippen molar-refractivity contribution in [2.75, 3.05) is 29.9 Å². The zero-order valence-corrected chi connectivity index (χ0v) is 16.6. The fraction of sp³-hybridized carbons (Fsp3) is 0.273. The van der Waals surface area contributed by atoms with Gasteiger partial charge in [-0.05, 0) is 28.7 Å². The zero-order valence-electron chi connectivity index (χ0n) is 16.6. The standard InChI is InChI=1S/C22H21N5O4/c28-19(29)13-9-10-27(11-13)21-23-20(25-26-21)24-22(30)31-12-18-16-7-3-1-5-14(16)15-6-2-4-8-17(15)18/h1-8,13,18H,9-12H2,(H,28,29)(H2,23,24,25,26,30). The molecule has 1 atom stereocenters. The third-order valence-corrected chi connectivity index (χ3v) is 5.86. The number of aromatic nitrogens is 3. The van der Waals surface area contributed by atoms with Gasteiger partial charge in [-0.15, -0.1) is 5.10 Å². The van der Waals surface area contributed by atoms with Crippen molar-refractivity contribution < 1.29 is 19.4 Å². The Kier molecular flexibility index (Phi) is 4.78. The summed E-state index contributed by atoms with van der Waals surface area (Å²) < 4.78 is 5.50. The first-order valence-electron chi connectivity index (χ1n) is 10.1. The first-order chi connectivity index (χ1) is 15.1. The van der Waals surface area contributed by atoms with Crippen LogP contribution >= 0.6 is 0 Å². The first-order valence-corrected chi connectivity index (χ1v) is 10.1. The molecule has 9 heteroatoms. The molecular weight excluding hydrogens is 398 g/mol. The summed E-state index contributed by atoms with van der Waals surface area (Å²) in [5.41, 5.74) is 4.61. The molecule has 1 aromatic heterocycles. The summed E-state index contributed by atoms with van der Waals surface area (Å²) >= 11 is 0. The number of carbonyl (C=O) groups excluding carboxylic acids is 1. The van der Waals surface area contributed by atoms with E-state index in [1.165, 1.54) is 0 Å². The van der Waals surface area contributed by atoms with E-state index in [1.807, 2.05) is 24.3 Å². The molecule has 1 aliphatic heterocycles. The van der Waals surface area contributed by atoms with Crippen molar-refractivity contribution in [1.82, 2.24) is 15.2 Å². The van der Waals surface area contributed by atoms with Crippen molar-refractivity contribution in [3.8, 4) is 11.1 Å². The number of fused-ring (bicyclic) bond motifs is 3. The molecule has 2 heterocycles. The van der Waals surface area contributed by atoms with Gasteiger partial charge in [-0.2, -0.15) is 4.98 Å². The zero-order chi connectivity index (χ0) is 21.4. The summed E-state index contributed by atoms with van der Waals surface area (Å²) in [5.74, 6) is -0.767. The number of benzene rings is 2. The summed E-state index contributed by atoms with van der Waals surface area (Å²) in [7, 11) is 0. The molecule has 3 N–H and O–H groups in total. The van der Waals surface area contributed by atoms with Crippen LogP contribution in [-0.4, -0.2) is 52.0 Å². The molecule has 1 aliphatic carbocycles. The lowest BCUT2D eigenvalue weighted by atomic mass is 9.98. The van der Waals surface area contributed by atoms with Crippen LogP contribution in [0.25, 0.3) is 11.1 Å². The van der Waals surface area contributed by atoms with Crippen molar-refractivity contribution in [2.24, 2.45) is 5.92 Å². The average molecular weight is 419 g/mol. The summed E-state index contributed by atoms with van der Waals surface area (Å²) in [6, 6.07) is 16.3. The molecule has 1 saturated heterocycles. The third-order valence-electron chi connectivity index (χ3n) is 5.86. The minimum absolute atomic E-state index is 0.0269. The van der Waals surface area contributed by atoms with E-state index in [9.17, 15) is 9.59 Å². The van der Waals surface area contributed by atoms with E-state index in [2.05, 4.69) is 44.8 Å². The highest BCUT2D eigenvalue weighted by molar-refractivity contribution is 5.83. The number of aromatic amines is 1. The number of carbonyl (C=O) groups is 2. The third kappa shape index (κ3) is 3.58. The lowest BCUT2D eigenvalue weighted by molar-refractivity contribution is -0.140. The van der Waals surface area contributed by atoms with Gasteiger partial charge in [0.05, 0.1) is 5.92 Å². The van der Waals surface area contributed by atoms with Gasteiger partial charge < -0.3 is 14.7 Å². The number of amides is 1. The minimum atomic E-state index is -0.824. The molecule has 1 unspecified atom stereocenters. The van der Waals surface area contributed by atoms with Crippen LogP contribution in [0.15, 0.2) is 48.5 Å². The van der Waals surface area contributed by atoms with Crippen LogP contribution in [0.1, 0.15) is 23.5 Å². The summed E-state index contributed by atoms with van der Waals surface area (Å²) in [6.45, 7) is 1.10. The summed E-state index contributed by atoms with van der Waals surface area (Å²) in [5, 5.41) is 18.4. The molecule has 158 valence electrons. The Hall–Kier alpha value is -3.88.